The average Bonchev–Trinajstić information content (AvgIpc) is 3.30. The van der Waals surface area contributed by atoms with Gasteiger partial charge in [-0.1, -0.05) is 30.3 Å². The fourth-order valence-corrected chi connectivity index (χ4v) is 3.76. The van der Waals surface area contributed by atoms with Crippen molar-refractivity contribution >= 4 is 42.5 Å². The van der Waals surface area contributed by atoms with Crippen molar-refractivity contribution in [2.75, 3.05) is 12.0 Å². The second-order valence-electron chi connectivity index (χ2n) is 7.30. The van der Waals surface area contributed by atoms with Crippen LogP contribution < -0.4 is 5.32 Å². The van der Waals surface area contributed by atoms with Gasteiger partial charge in [0.05, 0.1) is 12.8 Å². The molecule has 1 aromatic heterocycles. The van der Waals surface area contributed by atoms with Crippen molar-refractivity contribution in [3.63, 3.8) is 0 Å². The number of ether oxygens (including phenoxy) is 1. The summed E-state index contributed by atoms with van der Waals surface area (Å²) in [6.07, 6.45) is 5.21. The molecule has 1 amide bonds. The van der Waals surface area contributed by atoms with Gasteiger partial charge in [-0.25, -0.2) is 9.78 Å². The fourth-order valence-electron chi connectivity index (χ4n) is 3.29. The number of benzene rings is 2. The van der Waals surface area contributed by atoms with Gasteiger partial charge < -0.3 is 19.6 Å². The summed E-state index contributed by atoms with van der Waals surface area (Å²) < 4.78 is 10.9. The number of nitrogens with one attached hydrogen (secondary N) is 1. The third kappa shape index (κ3) is 7.51. The second kappa shape index (κ2) is 13.3. The van der Waals surface area contributed by atoms with E-state index in [1.807, 2.05) is 49.6 Å². The maximum absolute atomic E-state index is 13.1. The van der Waals surface area contributed by atoms with Gasteiger partial charge in [-0.05, 0) is 59.7 Å². The average molecular weight is 462 g/mol. The molecular weight excluding hydrogens is 435 g/mol. The van der Waals surface area contributed by atoms with Crippen molar-refractivity contribution in [1.29, 1.82) is 0 Å². The molecule has 0 saturated heterocycles. The van der Waals surface area contributed by atoms with E-state index in [9.17, 15) is 14.7 Å². The molecule has 0 aliphatic heterocycles. The van der Waals surface area contributed by atoms with Crippen LogP contribution in [-0.4, -0.2) is 58.9 Å². The zero-order valence-corrected chi connectivity index (χ0v) is 18.9. The molecule has 0 aliphatic rings. The summed E-state index contributed by atoms with van der Waals surface area (Å²) in [7, 11) is 0. The van der Waals surface area contributed by atoms with Crippen molar-refractivity contribution in [2.24, 2.45) is 0 Å². The fraction of sp³-hybridized carbons (Fsp3) is 0.292. The molecule has 1 atom stereocenters. The van der Waals surface area contributed by atoms with Crippen molar-refractivity contribution in [2.45, 2.75) is 32.6 Å². The third-order valence-electron chi connectivity index (χ3n) is 4.97. The van der Waals surface area contributed by atoms with Gasteiger partial charge in [-0.3, -0.25) is 4.79 Å². The molecule has 2 N–H and O–H groups in total. The summed E-state index contributed by atoms with van der Waals surface area (Å²) in [5.74, 6) is -0.179. The van der Waals surface area contributed by atoms with Gasteiger partial charge in [0.2, 0.25) is 0 Å². The monoisotopic (exact) mass is 462 g/mol. The molecule has 2 aromatic carbocycles. The maximum atomic E-state index is 13.1. The number of carboxylic acids is 1. The van der Waals surface area contributed by atoms with E-state index >= 15 is 0 Å². The van der Waals surface area contributed by atoms with Crippen molar-refractivity contribution in [3.05, 3.63) is 77.5 Å². The summed E-state index contributed by atoms with van der Waals surface area (Å²) in [6.45, 7) is 2.59. The number of carbonyl (C=O) groups excluding carboxylic acids is 1. The molecule has 7 nitrogen and oxygen atoms in total. The number of nitrogens with zero attached hydrogens (tertiary/aromatic N) is 1. The van der Waals surface area contributed by atoms with Gasteiger partial charge in [-0.15, -0.1) is 0 Å². The summed E-state index contributed by atoms with van der Waals surface area (Å²) in [6, 6.07) is 12.3. The number of aryl methyl sites for hydroxylation is 1. The van der Waals surface area contributed by atoms with Crippen LogP contribution in [0.1, 0.15) is 33.7 Å². The Kier molecular flexibility index (Phi) is 10.8. The molecule has 1 heterocycles. The minimum atomic E-state index is -1.04. The van der Waals surface area contributed by atoms with Crippen molar-refractivity contribution < 1.29 is 23.8 Å². The molecule has 3 rings (SSSR count). The summed E-state index contributed by atoms with van der Waals surface area (Å²) in [5.41, 5.74) is 3.96. The summed E-state index contributed by atoms with van der Waals surface area (Å²) in [4.78, 5) is 28.5. The zero-order chi connectivity index (χ0) is 22.9. The number of oxazole rings is 1. The van der Waals surface area contributed by atoms with Gasteiger partial charge in [0.25, 0.3) is 5.91 Å². The van der Waals surface area contributed by atoms with Gasteiger partial charge in [-0.2, -0.15) is 11.8 Å². The molecule has 0 bridgehead atoms. The number of rotatable bonds is 11. The number of thioether (sulfide) groups is 1. The number of hydrogen-bond donors (Lipinski definition) is 2. The third-order valence-corrected chi connectivity index (χ3v) is 5.62. The summed E-state index contributed by atoms with van der Waals surface area (Å²) in [5, 5.41) is 12.2. The molecule has 1 unspecified atom stereocenters. The van der Waals surface area contributed by atoms with Crippen LogP contribution in [0.3, 0.4) is 0 Å². The predicted molar refractivity (Wildman–Crippen MR) is 131 cm³/mol. The zero-order valence-electron chi connectivity index (χ0n) is 18.0. The Morgan fingerprint density at radius 1 is 1.18 bits per heavy atom. The number of aliphatic carboxylic acids is 1. The van der Waals surface area contributed by atoms with Crippen LogP contribution in [0.5, 0.6) is 0 Å². The Morgan fingerprint density at radius 3 is 2.64 bits per heavy atom. The van der Waals surface area contributed by atoms with Crippen LogP contribution in [0, 0.1) is 6.92 Å². The van der Waals surface area contributed by atoms with E-state index in [4.69, 9.17) is 9.15 Å². The van der Waals surface area contributed by atoms with Gasteiger partial charge in [0.1, 0.15) is 18.4 Å². The number of carbonyl (C=O) groups is 2. The first-order valence-corrected chi connectivity index (χ1v) is 11.6. The molecular formula is C24H27LiN2O5S. The van der Waals surface area contributed by atoms with E-state index in [1.54, 1.807) is 24.0 Å². The van der Waals surface area contributed by atoms with E-state index in [0.717, 1.165) is 22.3 Å². The Morgan fingerprint density at radius 2 is 1.97 bits per heavy atom. The minimum absolute atomic E-state index is 0. The number of hydrogen-bond acceptors (Lipinski definition) is 6. The quantitative estimate of drug-likeness (QED) is 0.420. The van der Waals surface area contributed by atoms with Gasteiger partial charge >= 0.3 is 24.8 Å². The molecule has 0 aliphatic carbocycles. The van der Waals surface area contributed by atoms with Gasteiger partial charge in [0.15, 0.2) is 6.39 Å². The first-order chi connectivity index (χ1) is 15.5. The molecule has 0 saturated carbocycles. The number of aromatic nitrogens is 1. The Labute approximate surface area is 209 Å². The Balaban J connectivity index is 0.00000385. The van der Waals surface area contributed by atoms with Gasteiger partial charge in [0, 0.05) is 5.56 Å². The standard InChI is InChI=1S/C24H26N2O5S.Li.H/c1-16-5-3-4-6-19(16)21-11-17(13-30-14-18-12-25-15-31-18)7-8-20(21)23(27)26-22(24(28)29)9-10-32-2;;/h3-8,11-12,15,22H,9-10,13-14H2,1-2H3,(H,26,27)(H,28,29);;. The SMILES string of the molecule is CSCCC(NC(=O)c1ccc(COCc2cnco2)cc1-c1ccccc1C)C(=O)O.[LiH]. The van der Waals surface area contributed by atoms with E-state index in [2.05, 4.69) is 10.3 Å². The van der Waals surface area contributed by atoms with Crippen LogP contribution in [-0.2, 0) is 22.7 Å². The molecule has 0 spiro atoms. The van der Waals surface area contributed by atoms with Crippen LogP contribution in [0.25, 0.3) is 11.1 Å². The topological polar surface area (TPSA) is 102 Å². The molecule has 3 aromatic rings. The number of amides is 1. The van der Waals surface area contributed by atoms with E-state index in [0.29, 0.717) is 30.1 Å². The first kappa shape index (κ1) is 26.7. The predicted octanol–water partition coefficient (Wildman–Crippen LogP) is 3.65. The molecule has 170 valence electrons. The van der Waals surface area contributed by atoms with Crippen molar-refractivity contribution in [1.82, 2.24) is 10.3 Å². The summed E-state index contributed by atoms with van der Waals surface area (Å²) >= 11 is 1.54. The Hall–Kier alpha value is -2.50. The molecule has 0 radical (unpaired) electrons. The van der Waals surface area contributed by atoms with Crippen LogP contribution >= 0.6 is 11.8 Å². The van der Waals surface area contributed by atoms with Crippen LogP contribution in [0.4, 0.5) is 0 Å². The number of carboxylic acid groups (broad SMARTS) is 1. The van der Waals surface area contributed by atoms with Crippen LogP contribution in [0.2, 0.25) is 0 Å². The van der Waals surface area contributed by atoms with E-state index in [-0.39, 0.29) is 25.5 Å². The van der Waals surface area contributed by atoms with E-state index < -0.39 is 17.9 Å². The molecule has 0 fully saturated rings. The first-order valence-electron chi connectivity index (χ1n) is 10.2. The van der Waals surface area contributed by atoms with E-state index in [1.165, 1.54) is 6.39 Å². The van der Waals surface area contributed by atoms with Crippen LogP contribution in [0.15, 0.2) is 59.5 Å². The normalized spacial score (nSPS) is 11.5. The van der Waals surface area contributed by atoms with Crippen molar-refractivity contribution in [3.8, 4) is 11.1 Å². The molecule has 9 heteroatoms. The Bertz CT molecular complexity index is 1060. The second-order valence-corrected chi connectivity index (χ2v) is 8.29. The molecule has 33 heavy (non-hydrogen) atoms.